The number of hydrogen-bond donors (Lipinski definition) is 1. The van der Waals surface area contributed by atoms with Crippen LogP contribution < -0.4 is 0 Å². The minimum atomic E-state index is -3.74. The second kappa shape index (κ2) is 6.89. The molecule has 0 bridgehead atoms. The molecule has 134 valence electrons. The third-order valence-corrected chi connectivity index (χ3v) is 5.83. The molecule has 1 aliphatic rings. The minimum Gasteiger partial charge on any atom is -0.337 e. The Kier molecular flexibility index (Phi) is 4.82. The van der Waals surface area contributed by atoms with Crippen molar-refractivity contribution in [2.24, 2.45) is 0 Å². The van der Waals surface area contributed by atoms with Crippen LogP contribution in [0.5, 0.6) is 0 Å². The zero-order valence-electron chi connectivity index (χ0n) is 13.2. The number of benzene rings is 1. The standard InChI is InChI=1S/C15H16F2N4O3S/c16-11-3-1-4-12(17)14(11)15(22)20-5-2-6-21(8-7-20)25(23,24)13-9-18-10-19-13/h1,3-4,9-10H,2,5-8H2,(H,18,19). The smallest absolute Gasteiger partial charge is 0.260 e. The highest BCUT2D eigenvalue weighted by atomic mass is 32.2. The number of H-pyrrole nitrogens is 1. The lowest BCUT2D eigenvalue weighted by Crippen LogP contribution is -2.38. The van der Waals surface area contributed by atoms with Crippen molar-refractivity contribution < 1.29 is 22.0 Å². The monoisotopic (exact) mass is 370 g/mol. The number of nitrogens with zero attached hydrogens (tertiary/aromatic N) is 3. The van der Waals surface area contributed by atoms with Crippen LogP contribution in [0.4, 0.5) is 8.78 Å². The van der Waals surface area contributed by atoms with Gasteiger partial charge in [-0.05, 0) is 18.6 Å². The molecule has 1 aliphatic heterocycles. The van der Waals surface area contributed by atoms with E-state index in [-0.39, 0.29) is 31.2 Å². The fraction of sp³-hybridized carbons (Fsp3) is 0.333. The summed E-state index contributed by atoms with van der Waals surface area (Å²) in [5.41, 5.74) is -0.618. The summed E-state index contributed by atoms with van der Waals surface area (Å²) < 4.78 is 53.8. The van der Waals surface area contributed by atoms with Crippen molar-refractivity contribution in [3.63, 3.8) is 0 Å². The number of halogens is 2. The Morgan fingerprint density at radius 1 is 1.12 bits per heavy atom. The predicted molar refractivity (Wildman–Crippen MR) is 84.2 cm³/mol. The number of sulfonamides is 1. The van der Waals surface area contributed by atoms with Crippen molar-refractivity contribution in [2.75, 3.05) is 26.2 Å². The maximum Gasteiger partial charge on any atom is 0.260 e. The van der Waals surface area contributed by atoms with E-state index in [0.29, 0.717) is 6.42 Å². The van der Waals surface area contributed by atoms with Crippen molar-refractivity contribution in [2.45, 2.75) is 11.4 Å². The largest absolute Gasteiger partial charge is 0.337 e. The number of aromatic amines is 1. The average molecular weight is 370 g/mol. The van der Waals surface area contributed by atoms with E-state index in [2.05, 4.69) is 9.97 Å². The molecule has 1 aromatic carbocycles. The van der Waals surface area contributed by atoms with Gasteiger partial charge in [-0.1, -0.05) is 6.07 Å². The molecule has 0 spiro atoms. The fourth-order valence-electron chi connectivity index (χ4n) is 2.72. The molecule has 0 atom stereocenters. The van der Waals surface area contributed by atoms with Gasteiger partial charge in [-0.2, -0.15) is 4.31 Å². The minimum absolute atomic E-state index is 0.0309. The number of hydrogen-bond acceptors (Lipinski definition) is 4. The van der Waals surface area contributed by atoms with Crippen LogP contribution in [0.3, 0.4) is 0 Å². The van der Waals surface area contributed by atoms with E-state index in [0.717, 1.165) is 12.1 Å². The number of rotatable bonds is 3. The summed E-state index contributed by atoms with van der Waals surface area (Å²) in [6.07, 6.45) is 2.83. The van der Waals surface area contributed by atoms with Crippen LogP contribution in [-0.2, 0) is 10.0 Å². The lowest BCUT2D eigenvalue weighted by Gasteiger charge is -2.22. The Labute approximate surface area is 143 Å². The van der Waals surface area contributed by atoms with Gasteiger partial charge in [0.25, 0.3) is 15.9 Å². The molecular weight excluding hydrogens is 354 g/mol. The second-order valence-electron chi connectivity index (χ2n) is 5.56. The normalized spacial score (nSPS) is 16.6. The third-order valence-electron chi connectivity index (χ3n) is 4.01. The van der Waals surface area contributed by atoms with Gasteiger partial charge < -0.3 is 9.88 Å². The number of aromatic nitrogens is 2. The van der Waals surface area contributed by atoms with Crippen LogP contribution in [-0.4, -0.2) is 59.7 Å². The van der Waals surface area contributed by atoms with Crippen LogP contribution in [0.25, 0.3) is 0 Å². The molecule has 1 aromatic heterocycles. The van der Waals surface area contributed by atoms with Gasteiger partial charge in [0.2, 0.25) is 0 Å². The summed E-state index contributed by atoms with van der Waals surface area (Å²) in [6, 6.07) is 3.22. The Morgan fingerprint density at radius 3 is 2.48 bits per heavy atom. The van der Waals surface area contributed by atoms with Gasteiger partial charge in [-0.25, -0.2) is 22.2 Å². The van der Waals surface area contributed by atoms with Crippen LogP contribution in [0.15, 0.2) is 35.7 Å². The van der Waals surface area contributed by atoms with Crippen LogP contribution in [0.1, 0.15) is 16.8 Å². The Morgan fingerprint density at radius 2 is 1.84 bits per heavy atom. The zero-order valence-corrected chi connectivity index (χ0v) is 14.0. The van der Waals surface area contributed by atoms with Crippen molar-refractivity contribution in [3.8, 4) is 0 Å². The van der Waals surface area contributed by atoms with Crippen LogP contribution >= 0.6 is 0 Å². The second-order valence-corrected chi connectivity index (χ2v) is 7.47. The Balaban J connectivity index is 1.77. The number of nitrogens with one attached hydrogen (secondary N) is 1. The molecule has 7 nitrogen and oxygen atoms in total. The number of carbonyl (C=O) groups excluding carboxylic acids is 1. The van der Waals surface area contributed by atoms with Crippen molar-refractivity contribution in [1.29, 1.82) is 0 Å². The maximum atomic E-state index is 13.8. The van der Waals surface area contributed by atoms with Gasteiger partial charge in [-0.3, -0.25) is 4.79 Å². The van der Waals surface area contributed by atoms with E-state index in [9.17, 15) is 22.0 Å². The molecule has 3 rings (SSSR count). The molecule has 1 N–H and O–H groups in total. The summed E-state index contributed by atoms with van der Waals surface area (Å²) in [5.74, 6) is -2.65. The zero-order chi connectivity index (χ0) is 18.0. The first-order valence-corrected chi connectivity index (χ1v) is 9.07. The van der Waals surface area contributed by atoms with E-state index in [1.54, 1.807) is 0 Å². The molecule has 2 aromatic rings. The number of amides is 1. The average Bonchev–Trinajstić information content (AvgIpc) is 2.99. The van der Waals surface area contributed by atoms with Gasteiger partial charge in [0, 0.05) is 26.2 Å². The van der Waals surface area contributed by atoms with E-state index in [1.165, 1.54) is 27.8 Å². The van der Waals surface area contributed by atoms with Gasteiger partial charge in [-0.15, -0.1) is 0 Å². The summed E-state index contributed by atoms with van der Waals surface area (Å²) in [7, 11) is -3.74. The predicted octanol–water partition coefficient (Wildman–Crippen LogP) is 1.22. The summed E-state index contributed by atoms with van der Waals surface area (Å²) in [4.78, 5) is 20.0. The molecule has 1 amide bonds. The molecule has 25 heavy (non-hydrogen) atoms. The van der Waals surface area contributed by atoms with Crippen LogP contribution in [0, 0.1) is 11.6 Å². The topological polar surface area (TPSA) is 86.4 Å². The molecule has 0 radical (unpaired) electrons. The lowest BCUT2D eigenvalue weighted by atomic mass is 10.1. The summed E-state index contributed by atoms with van der Waals surface area (Å²) in [5, 5.41) is -0.0348. The van der Waals surface area contributed by atoms with E-state index in [4.69, 9.17) is 0 Å². The fourth-order valence-corrected chi connectivity index (χ4v) is 4.09. The van der Waals surface area contributed by atoms with Crippen molar-refractivity contribution >= 4 is 15.9 Å². The quantitative estimate of drug-likeness (QED) is 0.880. The summed E-state index contributed by atoms with van der Waals surface area (Å²) >= 11 is 0. The molecule has 1 saturated heterocycles. The first kappa shape index (κ1) is 17.5. The van der Waals surface area contributed by atoms with Gasteiger partial charge in [0.05, 0.1) is 12.5 Å². The third kappa shape index (κ3) is 3.40. The number of imidazole rings is 1. The van der Waals surface area contributed by atoms with E-state index in [1.807, 2.05) is 0 Å². The molecule has 0 unspecified atom stereocenters. The molecule has 0 aliphatic carbocycles. The highest BCUT2D eigenvalue weighted by Crippen LogP contribution is 2.19. The molecule has 2 heterocycles. The van der Waals surface area contributed by atoms with E-state index >= 15 is 0 Å². The van der Waals surface area contributed by atoms with Gasteiger partial charge in [0.15, 0.2) is 5.03 Å². The Hall–Kier alpha value is -2.33. The first-order chi connectivity index (χ1) is 11.9. The van der Waals surface area contributed by atoms with Gasteiger partial charge >= 0.3 is 0 Å². The lowest BCUT2D eigenvalue weighted by molar-refractivity contribution is 0.0754. The van der Waals surface area contributed by atoms with Gasteiger partial charge in [0.1, 0.15) is 17.2 Å². The highest BCUT2D eigenvalue weighted by Gasteiger charge is 2.30. The maximum absolute atomic E-state index is 13.8. The number of carbonyl (C=O) groups is 1. The SMILES string of the molecule is O=C(c1c(F)cccc1F)N1CCCN(S(=O)(=O)c2cnc[nH]2)CC1. The van der Waals surface area contributed by atoms with Crippen molar-refractivity contribution in [3.05, 3.63) is 47.9 Å². The molecular formula is C15H16F2N4O3S. The summed E-state index contributed by atoms with van der Waals surface area (Å²) in [6.45, 7) is 0.482. The first-order valence-electron chi connectivity index (χ1n) is 7.63. The van der Waals surface area contributed by atoms with E-state index < -0.39 is 33.1 Å². The molecule has 1 fully saturated rings. The van der Waals surface area contributed by atoms with Crippen molar-refractivity contribution in [1.82, 2.24) is 19.2 Å². The molecule has 10 heteroatoms. The molecule has 0 saturated carbocycles. The highest BCUT2D eigenvalue weighted by molar-refractivity contribution is 7.89. The van der Waals surface area contributed by atoms with Crippen LogP contribution in [0.2, 0.25) is 0 Å². The Bertz CT molecular complexity index is 851.